The molecule has 16 heavy (non-hydrogen) atoms. The SMILES string of the molecule is O=C(Cc1ccc(Cl)cc1Cl)NCC1CC1. The maximum atomic E-state index is 11.6. The predicted octanol–water partition coefficient (Wildman–Crippen LogP) is 3.06. The second-order valence-corrected chi connectivity index (χ2v) is 5.00. The second kappa shape index (κ2) is 5.07. The van der Waals surface area contributed by atoms with E-state index in [0.717, 1.165) is 12.1 Å². The molecule has 0 heterocycles. The fourth-order valence-corrected chi connectivity index (χ4v) is 1.96. The van der Waals surface area contributed by atoms with Gasteiger partial charge in [-0.15, -0.1) is 0 Å². The van der Waals surface area contributed by atoms with Crippen molar-refractivity contribution < 1.29 is 4.79 Å². The van der Waals surface area contributed by atoms with Crippen LogP contribution >= 0.6 is 23.2 Å². The average Bonchev–Trinajstić information content (AvgIpc) is 3.03. The first-order chi connectivity index (χ1) is 7.65. The van der Waals surface area contributed by atoms with Gasteiger partial charge < -0.3 is 5.32 Å². The number of rotatable bonds is 4. The zero-order valence-corrected chi connectivity index (χ0v) is 10.3. The number of halogens is 2. The summed E-state index contributed by atoms with van der Waals surface area (Å²) in [5, 5.41) is 4.04. The van der Waals surface area contributed by atoms with Crippen molar-refractivity contribution >= 4 is 29.1 Å². The van der Waals surface area contributed by atoms with Crippen molar-refractivity contribution in [1.82, 2.24) is 5.32 Å². The molecule has 0 aromatic heterocycles. The third kappa shape index (κ3) is 3.39. The fraction of sp³-hybridized carbons (Fsp3) is 0.417. The van der Waals surface area contributed by atoms with Gasteiger partial charge in [0.2, 0.25) is 5.91 Å². The van der Waals surface area contributed by atoms with Gasteiger partial charge in [0, 0.05) is 16.6 Å². The van der Waals surface area contributed by atoms with Crippen LogP contribution in [0, 0.1) is 5.92 Å². The van der Waals surface area contributed by atoms with Crippen molar-refractivity contribution in [3.05, 3.63) is 33.8 Å². The molecule has 1 amide bonds. The van der Waals surface area contributed by atoms with Gasteiger partial charge in [0.25, 0.3) is 0 Å². The van der Waals surface area contributed by atoms with Crippen molar-refractivity contribution in [3.8, 4) is 0 Å². The molecule has 1 fully saturated rings. The summed E-state index contributed by atoms with van der Waals surface area (Å²) >= 11 is 11.8. The smallest absolute Gasteiger partial charge is 0.224 e. The van der Waals surface area contributed by atoms with E-state index >= 15 is 0 Å². The molecule has 0 aliphatic heterocycles. The molecule has 0 spiro atoms. The summed E-state index contributed by atoms with van der Waals surface area (Å²) in [4.78, 5) is 11.6. The third-order valence-electron chi connectivity index (χ3n) is 2.65. The highest BCUT2D eigenvalue weighted by Gasteiger charge is 2.21. The van der Waals surface area contributed by atoms with Gasteiger partial charge in [0.1, 0.15) is 0 Å². The standard InChI is InChI=1S/C12H13Cl2NO/c13-10-4-3-9(11(14)6-10)5-12(16)15-7-8-1-2-8/h3-4,6,8H,1-2,5,7H2,(H,15,16). The minimum atomic E-state index is 0.0242. The molecule has 0 bridgehead atoms. The minimum Gasteiger partial charge on any atom is -0.356 e. The van der Waals surface area contributed by atoms with Crippen LogP contribution in [0.15, 0.2) is 18.2 Å². The lowest BCUT2D eigenvalue weighted by atomic mass is 10.1. The van der Waals surface area contributed by atoms with E-state index in [9.17, 15) is 4.79 Å². The van der Waals surface area contributed by atoms with E-state index in [4.69, 9.17) is 23.2 Å². The van der Waals surface area contributed by atoms with Crippen LogP contribution in [-0.2, 0) is 11.2 Å². The topological polar surface area (TPSA) is 29.1 Å². The maximum absolute atomic E-state index is 11.6. The Bertz CT molecular complexity index is 402. The number of nitrogens with one attached hydrogen (secondary N) is 1. The Kier molecular flexibility index (Phi) is 3.72. The summed E-state index contributed by atoms with van der Waals surface area (Å²) in [7, 11) is 0. The molecule has 1 aliphatic rings. The molecule has 2 rings (SSSR count). The van der Waals surface area contributed by atoms with E-state index in [1.165, 1.54) is 12.8 Å². The summed E-state index contributed by atoms with van der Waals surface area (Å²) in [5.74, 6) is 0.723. The van der Waals surface area contributed by atoms with Gasteiger partial charge in [-0.2, -0.15) is 0 Å². The van der Waals surface area contributed by atoms with Gasteiger partial charge in [-0.3, -0.25) is 4.79 Å². The van der Waals surface area contributed by atoms with Crippen molar-refractivity contribution in [3.63, 3.8) is 0 Å². The monoisotopic (exact) mass is 257 g/mol. The first-order valence-corrected chi connectivity index (χ1v) is 6.11. The Morgan fingerprint density at radius 3 is 2.75 bits per heavy atom. The minimum absolute atomic E-state index is 0.0242. The molecule has 2 nitrogen and oxygen atoms in total. The van der Waals surface area contributed by atoms with E-state index in [-0.39, 0.29) is 5.91 Å². The second-order valence-electron chi connectivity index (χ2n) is 4.16. The molecule has 1 aliphatic carbocycles. The summed E-state index contributed by atoms with van der Waals surface area (Å²) in [6, 6.07) is 5.20. The lowest BCUT2D eigenvalue weighted by molar-refractivity contribution is -0.120. The van der Waals surface area contributed by atoms with Gasteiger partial charge >= 0.3 is 0 Å². The van der Waals surface area contributed by atoms with Crippen LogP contribution in [-0.4, -0.2) is 12.5 Å². The summed E-state index contributed by atoms with van der Waals surface area (Å²) in [6.07, 6.45) is 2.80. The zero-order valence-electron chi connectivity index (χ0n) is 8.80. The largest absolute Gasteiger partial charge is 0.356 e. The first kappa shape index (κ1) is 11.7. The lowest BCUT2D eigenvalue weighted by Crippen LogP contribution is -2.27. The number of carbonyl (C=O) groups is 1. The number of benzene rings is 1. The van der Waals surface area contributed by atoms with Crippen LogP contribution < -0.4 is 5.32 Å². The Balaban J connectivity index is 1.89. The van der Waals surface area contributed by atoms with Crippen LogP contribution in [0.4, 0.5) is 0 Å². The Labute approximate surface area is 105 Å². The lowest BCUT2D eigenvalue weighted by Gasteiger charge is -2.06. The Morgan fingerprint density at radius 2 is 2.12 bits per heavy atom. The van der Waals surface area contributed by atoms with E-state index in [1.807, 2.05) is 0 Å². The molecule has 1 aromatic carbocycles. The summed E-state index contributed by atoms with van der Waals surface area (Å²) in [5.41, 5.74) is 0.819. The highest BCUT2D eigenvalue weighted by Crippen LogP contribution is 2.27. The van der Waals surface area contributed by atoms with Crippen molar-refractivity contribution in [2.45, 2.75) is 19.3 Å². The molecule has 0 radical (unpaired) electrons. The van der Waals surface area contributed by atoms with Crippen LogP contribution in [0.1, 0.15) is 18.4 Å². The molecular formula is C12H13Cl2NO. The Hall–Kier alpha value is -0.730. The van der Waals surface area contributed by atoms with E-state index in [1.54, 1.807) is 18.2 Å². The molecule has 1 N–H and O–H groups in total. The van der Waals surface area contributed by atoms with Crippen molar-refractivity contribution in [1.29, 1.82) is 0 Å². The van der Waals surface area contributed by atoms with Gasteiger partial charge in [0.15, 0.2) is 0 Å². The average molecular weight is 258 g/mol. The van der Waals surface area contributed by atoms with Gasteiger partial charge in [0.05, 0.1) is 6.42 Å². The fourth-order valence-electron chi connectivity index (χ4n) is 1.48. The first-order valence-electron chi connectivity index (χ1n) is 5.36. The maximum Gasteiger partial charge on any atom is 0.224 e. The van der Waals surface area contributed by atoms with Gasteiger partial charge in [-0.25, -0.2) is 0 Å². The van der Waals surface area contributed by atoms with Gasteiger partial charge in [-0.1, -0.05) is 29.3 Å². The van der Waals surface area contributed by atoms with Crippen molar-refractivity contribution in [2.75, 3.05) is 6.54 Å². The highest BCUT2D eigenvalue weighted by atomic mass is 35.5. The molecule has 4 heteroatoms. The molecular weight excluding hydrogens is 245 g/mol. The Morgan fingerprint density at radius 1 is 1.38 bits per heavy atom. The molecule has 1 saturated carbocycles. The molecule has 1 aromatic rings. The normalized spacial score (nSPS) is 14.9. The number of hydrogen-bond acceptors (Lipinski definition) is 1. The number of hydrogen-bond donors (Lipinski definition) is 1. The number of amides is 1. The van der Waals surface area contributed by atoms with Gasteiger partial charge in [-0.05, 0) is 36.5 Å². The molecule has 86 valence electrons. The van der Waals surface area contributed by atoms with Crippen LogP contribution in [0.3, 0.4) is 0 Å². The van der Waals surface area contributed by atoms with Crippen molar-refractivity contribution in [2.24, 2.45) is 5.92 Å². The predicted molar refractivity (Wildman–Crippen MR) is 65.9 cm³/mol. The van der Waals surface area contributed by atoms with Crippen LogP contribution in [0.5, 0.6) is 0 Å². The molecule has 0 saturated heterocycles. The van der Waals surface area contributed by atoms with Crippen LogP contribution in [0.25, 0.3) is 0 Å². The third-order valence-corrected chi connectivity index (χ3v) is 3.24. The van der Waals surface area contributed by atoms with Crippen LogP contribution in [0.2, 0.25) is 10.0 Å². The van der Waals surface area contributed by atoms with E-state index in [2.05, 4.69) is 5.32 Å². The number of carbonyl (C=O) groups excluding carboxylic acids is 1. The highest BCUT2D eigenvalue weighted by molar-refractivity contribution is 6.35. The zero-order chi connectivity index (χ0) is 11.5. The van der Waals surface area contributed by atoms with E-state index in [0.29, 0.717) is 22.4 Å². The summed E-state index contributed by atoms with van der Waals surface area (Å²) in [6.45, 7) is 0.796. The summed E-state index contributed by atoms with van der Waals surface area (Å²) < 4.78 is 0. The quantitative estimate of drug-likeness (QED) is 0.883. The molecule has 0 unspecified atom stereocenters. The molecule has 0 atom stereocenters. The van der Waals surface area contributed by atoms with E-state index < -0.39 is 0 Å².